The van der Waals surface area contributed by atoms with E-state index in [0.29, 0.717) is 6.42 Å². The van der Waals surface area contributed by atoms with Crippen LogP contribution in [0, 0.1) is 0 Å². The van der Waals surface area contributed by atoms with Gasteiger partial charge in [-0.25, -0.2) is 4.39 Å². The molecule has 0 saturated heterocycles. The van der Waals surface area contributed by atoms with Gasteiger partial charge in [0.05, 0.1) is 7.11 Å². The molecule has 0 radical (unpaired) electrons. The van der Waals surface area contributed by atoms with Crippen LogP contribution < -0.4 is 4.74 Å². The van der Waals surface area contributed by atoms with Gasteiger partial charge in [0.1, 0.15) is 18.0 Å². The Labute approximate surface area is 107 Å². The number of esters is 1. The normalized spacial score (nSPS) is 13.8. The second-order valence-electron chi connectivity index (χ2n) is 4.44. The molecule has 1 aromatic carbocycles. The van der Waals surface area contributed by atoms with Crippen LogP contribution in [0.5, 0.6) is 5.75 Å². The van der Waals surface area contributed by atoms with E-state index in [2.05, 4.69) is 0 Å². The molecule has 100 valence electrons. The molecule has 3 nitrogen and oxygen atoms in total. The molecule has 1 aromatic rings. The minimum absolute atomic E-state index is 0.248. The van der Waals surface area contributed by atoms with Crippen molar-refractivity contribution in [2.75, 3.05) is 13.8 Å². The molecule has 1 rings (SSSR count). The molecule has 0 heterocycles. The zero-order valence-corrected chi connectivity index (χ0v) is 11.0. The van der Waals surface area contributed by atoms with Crippen LogP contribution in [0.4, 0.5) is 4.39 Å². The van der Waals surface area contributed by atoms with Gasteiger partial charge in [-0.2, -0.15) is 0 Å². The van der Waals surface area contributed by atoms with E-state index in [1.807, 2.05) is 12.1 Å². The smallest absolute Gasteiger partial charge is 0.306 e. The predicted molar refractivity (Wildman–Crippen MR) is 67.5 cm³/mol. The number of hydrogen-bond donors (Lipinski definition) is 0. The summed E-state index contributed by atoms with van der Waals surface area (Å²) in [6.45, 7) is 2.59. The highest BCUT2D eigenvalue weighted by Crippen LogP contribution is 2.21. The van der Waals surface area contributed by atoms with Gasteiger partial charge in [-0.3, -0.25) is 4.79 Å². The van der Waals surface area contributed by atoms with E-state index in [1.165, 1.54) is 0 Å². The summed E-state index contributed by atoms with van der Waals surface area (Å²) in [7, 11) is 1.59. The second kappa shape index (κ2) is 6.38. The highest BCUT2D eigenvalue weighted by molar-refractivity contribution is 5.69. The van der Waals surface area contributed by atoms with E-state index in [-0.39, 0.29) is 12.4 Å². The van der Waals surface area contributed by atoms with Crippen molar-refractivity contribution >= 4 is 5.97 Å². The van der Waals surface area contributed by atoms with E-state index in [0.717, 1.165) is 11.3 Å². The van der Waals surface area contributed by atoms with Gasteiger partial charge in [0.15, 0.2) is 0 Å². The number of carbonyl (C=O) groups is 1. The molecule has 0 amide bonds. The lowest BCUT2D eigenvalue weighted by Gasteiger charge is -2.26. The van der Waals surface area contributed by atoms with Gasteiger partial charge in [-0.1, -0.05) is 19.1 Å². The van der Waals surface area contributed by atoms with Crippen molar-refractivity contribution in [2.45, 2.75) is 32.3 Å². The summed E-state index contributed by atoms with van der Waals surface area (Å²) in [6, 6.07) is 7.28. The summed E-state index contributed by atoms with van der Waals surface area (Å²) in [4.78, 5) is 11.3. The Hall–Kier alpha value is -1.58. The lowest BCUT2D eigenvalue weighted by atomic mass is 9.97. The second-order valence-corrected chi connectivity index (χ2v) is 4.44. The van der Waals surface area contributed by atoms with E-state index >= 15 is 0 Å². The van der Waals surface area contributed by atoms with Gasteiger partial charge in [-0.15, -0.1) is 0 Å². The molecule has 0 saturated carbocycles. The molecule has 4 heteroatoms. The van der Waals surface area contributed by atoms with Crippen LogP contribution in [-0.4, -0.2) is 25.4 Å². The van der Waals surface area contributed by atoms with E-state index in [9.17, 15) is 9.18 Å². The van der Waals surface area contributed by atoms with Gasteiger partial charge in [0.2, 0.25) is 0 Å². The van der Waals surface area contributed by atoms with Gasteiger partial charge in [0, 0.05) is 12.8 Å². The number of rotatable bonds is 6. The Morgan fingerprint density at radius 1 is 1.33 bits per heavy atom. The Balaban J connectivity index is 2.74. The Morgan fingerprint density at radius 3 is 2.39 bits per heavy atom. The topological polar surface area (TPSA) is 35.5 Å². The predicted octanol–water partition coefficient (Wildman–Crippen LogP) is 2.92. The van der Waals surface area contributed by atoms with Crippen LogP contribution in [0.1, 0.15) is 25.8 Å². The molecule has 18 heavy (non-hydrogen) atoms. The molecule has 0 aliphatic carbocycles. The lowest BCUT2D eigenvalue weighted by Crippen LogP contribution is -2.36. The Bertz CT molecular complexity index is 389. The van der Waals surface area contributed by atoms with Crippen molar-refractivity contribution in [1.29, 1.82) is 0 Å². The zero-order valence-electron chi connectivity index (χ0n) is 11.0. The third kappa shape index (κ3) is 4.02. The van der Waals surface area contributed by atoms with Gasteiger partial charge < -0.3 is 9.47 Å². The number of alkyl halides is 1. The molecule has 1 atom stereocenters. The first-order valence-electron chi connectivity index (χ1n) is 5.93. The molecule has 0 aromatic heterocycles. The lowest BCUT2D eigenvalue weighted by molar-refractivity contribution is -0.159. The molecular weight excluding hydrogens is 235 g/mol. The summed E-state index contributed by atoms with van der Waals surface area (Å²) in [5, 5.41) is 0. The maximum absolute atomic E-state index is 13.1. The first-order chi connectivity index (χ1) is 8.53. The highest BCUT2D eigenvalue weighted by atomic mass is 19.1. The molecule has 0 fully saturated rings. The monoisotopic (exact) mass is 254 g/mol. The number of methoxy groups -OCH3 is 1. The summed E-state index contributed by atoms with van der Waals surface area (Å²) in [6.07, 6.45) is 0.595. The van der Waals surface area contributed by atoms with Crippen LogP contribution in [0.25, 0.3) is 0 Å². The molecule has 1 unspecified atom stereocenters. The van der Waals surface area contributed by atoms with E-state index in [1.54, 1.807) is 33.1 Å². The minimum Gasteiger partial charge on any atom is -0.497 e. The van der Waals surface area contributed by atoms with E-state index < -0.39 is 12.3 Å². The maximum atomic E-state index is 13.1. The van der Waals surface area contributed by atoms with Crippen LogP contribution in [-0.2, 0) is 16.0 Å². The number of hydrogen-bond acceptors (Lipinski definition) is 3. The van der Waals surface area contributed by atoms with Crippen molar-refractivity contribution in [3.05, 3.63) is 29.8 Å². The summed E-state index contributed by atoms with van der Waals surface area (Å²) < 4.78 is 23.3. The van der Waals surface area contributed by atoms with Crippen molar-refractivity contribution < 1.29 is 18.7 Å². The van der Waals surface area contributed by atoms with Gasteiger partial charge in [0.25, 0.3) is 0 Å². The summed E-state index contributed by atoms with van der Waals surface area (Å²) in [5.41, 5.74) is -0.193. The van der Waals surface area contributed by atoms with Gasteiger partial charge >= 0.3 is 5.97 Å². The van der Waals surface area contributed by atoms with Crippen LogP contribution in [0.15, 0.2) is 24.3 Å². The van der Waals surface area contributed by atoms with Crippen molar-refractivity contribution in [1.82, 2.24) is 0 Å². The fourth-order valence-electron chi connectivity index (χ4n) is 1.63. The first-order valence-corrected chi connectivity index (χ1v) is 5.93. The molecule has 0 aliphatic rings. The van der Waals surface area contributed by atoms with Crippen molar-refractivity contribution in [2.24, 2.45) is 0 Å². The SMILES string of the molecule is CCC(=O)OC(C)(CF)Cc1ccc(OC)cc1. The average molecular weight is 254 g/mol. The first kappa shape index (κ1) is 14.5. The summed E-state index contributed by atoms with van der Waals surface area (Å²) >= 11 is 0. The number of halogens is 1. The van der Waals surface area contributed by atoms with E-state index in [4.69, 9.17) is 9.47 Å². The molecular formula is C14H19FO3. The zero-order chi connectivity index (χ0) is 13.6. The molecule has 0 bridgehead atoms. The summed E-state index contributed by atoms with van der Waals surface area (Å²) in [5.74, 6) is 0.356. The number of ether oxygens (including phenoxy) is 2. The Kier molecular flexibility index (Phi) is 5.13. The third-order valence-electron chi connectivity index (χ3n) is 2.67. The molecule has 0 N–H and O–H groups in total. The number of carbonyl (C=O) groups excluding carboxylic acids is 1. The van der Waals surface area contributed by atoms with Gasteiger partial charge in [-0.05, 0) is 24.6 Å². The average Bonchev–Trinajstić information content (AvgIpc) is 2.39. The minimum atomic E-state index is -1.10. The third-order valence-corrected chi connectivity index (χ3v) is 2.67. The van der Waals surface area contributed by atoms with Crippen LogP contribution in [0.3, 0.4) is 0 Å². The Morgan fingerprint density at radius 2 is 1.94 bits per heavy atom. The van der Waals surface area contributed by atoms with Crippen molar-refractivity contribution in [3.8, 4) is 5.75 Å². The molecule has 0 aliphatic heterocycles. The van der Waals surface area contributed by atoms with Crippen LogP contribution in [0.2, 0.25) is 0 Å². The van der Waals surface area contributed by atoms with Crippen LogP contribution >= 0.6 is 0 Å². The molecule has 0 spiro atoms. The van der Waals surface area contributed by atoms with Crippen molar-refractivity contribution in [3.63, 3.8) is 0 Å². The maximum Gasteiger partial charge on any atom is 0.306 e. The quantitative estimate of drug-likeness (QED) is 0.732. The fraction of sp³-hybridized carbons (Fsp3) is 0.500. The number of benzene rings is 1. The highest BCUT2D eigenvalue weighted by Gasteiger charge is 2.28. The standard InChI is InChI=1S/C14H19FO3/c1-4-13(16)18-14(2,10-15)9-11-5-7-12(17-3)8-6-11/h5-8H,4,9-10H2,1-3H3. The largest absolute Gasteiger partial charge is 0.497 e. The fourth-order valence-corrected chi connectivity index (χ4v) is 1.63.